The summed E-state index contributed by atoms with van der Waals surface area (Å²) in [7, 11) is 1.62. The van der Waals surface area contributed by atoms with Crippen LogP contribution < -0.4 is 15.8 Å². The lowest BCUT2D eigenvalue weighted by molar-refractivity contribution is 0.0912. The molecule has 0 aliphatic carbocycles. The van der Waals surface area contributed by atoms with Crippen molar-refractivity contribution in [2.45, 2.75) is 18.9 Å². The van der Waals surface area contributed by atoms with E-state index in [2.05, 4.69) is 10.2 Å². The van der Waals surface area contributed by atoms with Crippen LogP contribution in [0.3, 0.4) is 0 Å². The van der Waals surface area contributed by atoms with Gasteiger partial charge < -0.3 is 20.7 Å². The van der Waals surface area contributed by atoms with E-state index >= 15 is 0 Å². The molecule has 3 N–H and O–H groups in total. The Kier molecular flexibility index (Phi) is 5.38. The van der Waals surface area contributed by atoms with Crippen molar-refractivity contribution in [2.75, 3.05) is 33.3 Å². The van der Waals surface area contributed by atoms with Crippen LogP contribution in [0.4, 0.5) is 0 Å². The number of piperidine rings is 1. The first kappa shape index (κ1) is 14.8. The van der Waals surface area contributed by atoms with Crippen molar-refractivity contribution in [3.63, 3.8) is 0 Å². The summed E-state index contributed by atoms with van der Waals surface area (Å²) in [6.45, 7) is 3.65. The van der Waals surface area contributed by atoms with Crippen LogP contribution in [0.15, 0.2) is 24.3 Å². The highest BCUT2D eigenvalue weighted by Crippen LogP contribution is 2.13. The van der Waals surface area contributed by atoms with Crippen molar-refractivity contribution in [3.8, 4) is 5.75 Å². The number of amides is 1. The number of carbonyl (C=O) groups excluding carboxylic acids is 1. The highest BCUT2D eigenvalue weighted by Gasteiger charge is 2.20. The van der Waals surface area contributed by atoms with Gasteiger partial charge in [0.05, 0.1) is 7.11 Å². The summed E-state index contributed by atoms with van der Waals surface area (Å²) in [6.07, 6.45) is 1.98. The molecule has 0 bridgehead atoms. The Morgan fingerprint density at radius 1 is 1.35 bits per heavy atom. The highest BCUT2D eigenvalue weighted by atomic mass is 16.5. The highest BCUT2D eigenvalue weighted by molar-refractivity contribution is 5.94. The number of nitrogens with zero attached hydrogens (tertiary/aromatic N) is 1. The zero-order valence-electron chi connectivity index (χ0n) is 12.0. The third-order valence-electron chi connectivity index (χ3n) is 3.72. The number of rotatable bonds is 5. The van der Waals surface area contributed by atoms with E-state index in [-0.39, 0.29) is 11.9 Å². The fraction of sp³-hybridized carbons (Fsp3) is 0.533. The molecule has 0 unspecified atom stereocenters. The van der Waals surface area contributed by atoms with E-state index in [1.54, 1.807) is 31.4 Å². The average Bonchev–Trinajstić information content (AvgIpc) is 2.49. The molecule has 110 valence electrons. The molecule has 1 fully saturated rings. The van der Waals surface area contributed by atoms with Crippen LogP contribution in [0.5, 0.6) is 5.75 Å². The number of hydrogen-bond acceptors (Lipinski definition) is 4. The Morgan fingerprint density at radius 2 is 2.00 bits per heavy atom. The van der Waals surface area contributed by atoms with Crippen LogP contribution in [0.25, 0.3) is 0 Å². The maximum Gasteiger partial charge on any atom is 0.251 e. The molecule has 1 heterocycles. The van der Waals surface area contributed by atoms with Gasteiger partial charge in [0.15, 0.2) is 0 Å². The predicted molar refractivity (Wildman–Crippen MR) is 79.0 cm³/mol. The molecule has 20 heavy (non-hydrogen) atoms. The van der Waals surface area contributed by atoms with Gasteiger partial charge in [-0.05, 0) is 37.1 Å². The summed E-state index contributed by atoms with van der Waals surface area (Å²) < 4.78 is 5.09. The number of methoxy groups -OCH3 is 1. The summed E-state index contributed by atoms with van der Waals surface area (Å²) in [5.74, 6) is 0.751. The van der Waals surface area contributed by atoms with E-state index in [4.69, 9.17) is 10.5 Å². The molecular formula is C15H23N3O2. The predicted octanol–water partition coefficient (Wildman–Crippen LogP) is 0.848. The zero-order chi connectivity index (χ0) is 14.4. The van der Waals surface area contributed by atoms with Crippen molar-refractivity contribution < 1.29 is 9.53 Å². The molecule has 1 aromatic rings. The Labute approximate surface area is 120 Å². The van der Waals surface area contributed by atoms with Crippen molar-refractivity contribution in [1.29, 1.82) is 0 Å². The van der Waals surface area contributed by atoms with Crippen LogP contribution in [0, 0.1) is 0 Å². The van der Waals surface area contributed by atoms with Crippen LogP contribution in [0.1, 0.15) is 23.2 Å². The normalized spacial score (nSPS) is 16.9. The summed E-state index contributed by atoms with van der Waals surface area (Å²) in [5.41, 5.74) is 6.23. The first-order valence-corrected chi connectivity index (χ1v) is 7.10. The van der Waals surface area contributed by atoms with E-state index in [1.807, 2.05) is 0 Å². The van der Waals surface area contributed by atoms with Gasteiger partial charge in [0, 0.05) is 37.8 Å². The monoisotopic (exact) mass is 277 g/mol. The van der Waals surface area contributed by atoms with Gasteiger partial charge in [0.2, 0.25) is 0 Å². The minimum Gasteiger partial charge on any atom is -0.497 e. The molecule has 5 heteroatoms. The lowest BCUT2D eigenvalue weighted by atomic mass is 10.0. The van der Waals surface area contributed by atoms with Gasteiger partial charge in [-0.3, -0.25) is 4.79 Å². The van der Waals surface area contributed by atoms with E-state index in [1.165, 1.54) is 0 Å². The SMILES string of the molecule is COc1ccc(C(=O)NC2CCN(CCN)CC2)cc1. The van der Waals surface area contributed by atoms with E-state index in [0.29, 0.717) is 12.1 Å². The van der Waals surface area contributed by atoms with Gasteiger partial charge in [0.25, 0.3) is 5.91 Å². The van der Waals surface area contributed by atoms with Gasteiger partial charge in [-0.25, -0.2) is 0 Å². The standard InChI is InChI=1S/C15H23N3O2/c1-20-14-4-2-12(3-5-14)15(19)17-13-6-9-18(10-7-13)11-8-16/h2-5,13H,6-11,16H2,1H3,(H,17,19). The molecule has 0 radical (unpaired) electrons. The molecule has 1 saturated heterocycles. The molecule has 0 aromatic heterocycles. The van der Waals surface area contributed by atoms with E-state index in [9.17, 15) is 4.79 Å². The van der Waals surface area contributed by atoms with Gasteiger partial charge in [-0.2, -0.15) is 0 Å². The van der Waals surface area contributed by atoms with Gasteiger partial charge >= 0.3 is 0 Å². The van der Waals surface area contributed by atoms with Gasteiger partial charge in [-0.15, -0.1) is 0 Å². The van der Waals surface area contributed by atoms with Gasteiger partial charge in [-0.1, -0.05) is 0 Å². The first-order chi connectivity index (χ1) is 9.72. The maximum atomic E-state index is 12.1. The maximum absolute atomic E-state index is 12.1. The van der Waals surface area contributed by atoms with E-state index < -0.39 is 0 Å². The molecule has 1 aliphatic rings. The van der Waals surface area contributed by atoms with Crippen LogP contribution in [0.2, 0.25) is 0 Å². The topological polar surface area (TPSA) is 67.6 Å². The minimum absolute atomic E-state index is 0.00933. The molecular weight excluding hydrogens is 254 g/mol. The van der Waals surface area contributed by atoms with Crippen LogP contribution in [-0.4, -0.2) is 50.1 Å². The largest absolute Gasteiger partial charge is 0.497 e. The smallest absolute Gasteiger partial charge is 0.251 e. The Hall–Kier alpha value is -1.59. The van der Waals surface area contributed by atoms with E-state index in [0.717, 1.165) is 38.2 Å². The number of ether oxygens (including phenoxy) is 1. The molecule has 0 spiro atoms. The number of nitrogens with one attached hydrogen (secondary N) is 1. The molecule has 0 atom stereocenters. The summed E-state index contributed by atoms with van der Waals surface area (Å²) >= 11 is 0. The van der Waals surface area contributed by atoms with Crippen LogP contribution in [-0.2, 0) is 0 Å². The number of likely N-dealkylation sites (tertiary alicyclic amines) is 1. The molecule has 1 aromatic carbocycles. The third-order valence-corrected chi connectivity index (χ3v) is 3.72. The lowest BCUT2D eigenvalue weighted by Gasteiger charge is -2.32. The number of nitrogens with two attached hydrogens (primary N) is 1. The summed E-state index contributed by atoms with van der Waals surface area (Å²) in [4.78, 5) is 14.5. The molecule has 1 aliphatic heterocycles. The number of benzene rings is 1. The second-order valence-corrected chi connectivity index (χ2v) is 5.11. The van der Waals surface area contributed by atoms with Crippen molar-refractivity contribution in [2.24, 2.45) is 5.73 Å². The number of carbonyl (C=O) groups is 1. The molecule has 2 rings (SSSR count). The van der Waals surface area contributed by atoms with Crippen molar-refractivity contribution in [1.82, 2.24) is 10.2 Å². The molecule has 0 saturated carbocycles. The second-order valence-electron chi connectivity index (χ2n) is 5.11. The Morgan fingerprint density at radius 3 is 2.55 bits per heavy atom. The van der Waals surface area contributed by atoms with Crippen molar-refractivity contribution >= 4 is 5.91 Å². The minimum atomic E-state index is -0.00933. The number of hydrogen-bond donors (Lipinski definition) is 2. The zero-order valence-corrected chi connectivity index (χ0v) is 12.0. The van der Waals surface area contributed by atoms with Crippen LogP contribution >= 0.6 is 0 Å². The molecule has 1 amide bonds. The second kappa shape index (κ2) is 7.26. The fourth-order valence-corrected chi connectivity index (χ4v) is 2.49. The summed E-state index contributed by atoms with van der Waals surface area (Å²) in [5, 5.41) is 3.10. The fourth-order valence-electron chi connectivity index (χ4n) is 2.49. The third kappa shape index (κ3) is 3.95. The van der Waals surface area contributed by atoms with Crippen molar-refractivity contribution in [3.05, 3.63) is 29.8 Å². The lowest BCUT2D eigenvalue weighted by Crippen LogP contribution is -2.45. The molecule has 5 nitrogen and oxygen atoms in total. The summed E-state index contributed by atoms with van der Waals surface area (Å²) in [6, 6.07) is 7.45. The quantitative estimate of drug-likeness (QED) is 0.837. The average molecular weight is 277 g/mol. The Balaban J connectivity index is 1.82. The van der Waals surface area contributed by atoms with Gasteiger partial charge in [0.1, 0.15) is 5.75 Å². The Bertz CT molecular complexity index is 425. The first-order valence-electron chi connectivity index (χ1n) is 7.10.